The Labute approximate surface area is 162 Å². The number of carbonyl (C=O) groups is 2. The SMILES string of the molecule is Cl.O=C(c1ccc(C(F)(F)F)cc1)N1CCN(C(=O)C2CCCCN2)CC1. The van der Waals surface area contributed by atoms with E-state index in [4.69, 9.17) is 0 Å². The molecular formula is C18H23ClF3N3O2. The van der Waals surface area contributed by atoms with Crippen LogP contribution in [0.15, 0.2) is 24.3 Å². The van der Waals surface area contributed by atoms with E-state index in [-0.39, 0.29) is 35.8 Å². The molecule has 0 bridgehead atoms. The summed E-state index contributed by atoms with van der Waals surface area (Å²) in [5.41, 5.74) is -0.545. The van der Waals surface area contributed by atoms with E-state index in [9.17, 15) is 22.8 Å². The zero-order valence-electron chi connectivity index (χ0n) is 14.8. The smallest absolute Gasteiger partial charge is 0.338 e. The van der Waals surface area contributed by atoms with E-state index in [2.05, 4.69) is 5.32 Å². The van der Waals surface area contributed by atoms with Crippen LogP contribution in [0.3, 0.4) is 0 Å². The van der Waals surface area contributed by atoms with Gasteiger partial charge in [-0.05, 0) is 43.7 Å². The highest BCUT2D eigenvalue weighted by Crippen LogP contribution is 2.29. The van der Waals surface area contributed by atoms with E-state index in [1.807, 2.05) is 0 Å². The highest BCUT2D eigenvalue weighted by Gasteiger charge is 2.32. The zero-order chi connectivity index (χ0) is 18.7. The van der Waals surface area contributed by atoms with Crippen LogP contribution in [0.4, 0.5) is 13.2 Å². The second-order valence-corrected chi connectivity index (χ2v) is 6.70. The fourth-order valence-electron chi connectivity index (χ4n) is 3.40. The van der Waals surface area contributed by atoms with Crippen molar-refractivity contribution < 1.29 is 22.8 Å². The van der Waals surface area contributed by atoms with Crippen molar-refractivity contribution in [2.45, 2.75) is 31.5 Å². The number of rotatable bonds is 2. The maximum Gasteiger partial charge on any atom is 0.416 e. The van der Waals surface area contributed by atoms with Gasteiger partial charge in [-0.15, -0.1) is 12.4 Å². The number of piperazine rings is 1. The minimum absolute atomic E-state index is 0. The number of nitrogens with one attached hydrogen (secondary N) is 1. The first-order valence-electron chi connectivity index (χ1n) is 8.85. The zero-order valence-corrected chi connectivity index (χ0v) is 15.6. The average Bonchev–Trinajstić information content (AvgIpc) is 2.67. The van der Waals surface area contributed by atoms with Gasteiger partial charge in [0.15, 0.2) is 0 Å². The monoisotopic (exact) mass is 405 g/mol. The number of alkyl halides is 3. The van der Waals surface area contributed by atoms with Crippen LogP contribution in [0.5, 0.6) is 0 Å². The molecular weight excluding hydrogens is 383 g/mol. The minimum atomic E-state index is -4.42. The summed E-state index contributed by atoms with van der Waals surface area (Å²) in [4.78, 5) is 28.3. The molecule has 1 unspecified atom stereocenters. The molecule has 1 aromatic rings. The Morgan fingerprint density at radius 3 is 2.07 bits per heavy atom. The van der Waals surface area contributed by atoms with Crippen molar-refractivity contribution in [1.82, 2.24) is 15.1 Å². The number of halogens is 4. The predicted octanol–water partition coefficient (Wildman–Crippen LogP) is 2.55. The number of benzene rings is 1. The molecule has 2 fully saturated rings. The number of nitrogens with zero attached hydrogens (tertiary/aromatic N) is 2. The van der Waals surface area contributed by atoms with E-state index in [1.54, 1.807) is 9.80 Å². The van der Waals surface area contributed by atoms with E-state index in [0.717, 1.165) is 37.9 Å². The molecule has 2 heterocycles. The van der Waals surface area contributed by atoms with E-state index >= 15 is 0 Å². The fraction of sp³-hybridized carbons (Fsp3) is 0.556. The summed E-state index contributed by atoms with van der Waals surface area (Å²) in [5.74, 6) is -0.229. The van der Waals surface area contributed by atoms with Crippen LogP contribution in [0.2, 0.25) is 0 Å². The first-order valence-corrected chi connectivity index (χ1v) is 8.85. The molecule has 0 radical (unpaired) electrons. The third-order valence-electron chi connectivity index (χ3n) is 4.95. The number of hydrogen-bond donors (Lipinski definition) is 1. The van der Waals surface area contributed by atoms with Crippen LogP contribution in [0.1, 0.15) is 35.2 Å². The minimum Gasteiger partial charge on any atom is -0.338 e. The molecule has 2 saturated heterocycles. The summed E-state index contributed by atoms with van der Waals surface area (Å²) in [7, 11) is 0. The summed E-state index contributed by atoms with van der Waals surface area (Å²) in [5, 5.41) is 3.23. The maximum atomic E-state index is 12.6. The lowest BCUT2D eigenvalue weighted by atomic mass is 10.0. The van der Waals surface area contributed by atoms with Gasteiger partial charge in [0.05, 0.1) is 11.6 Å². The number of hydrogen-bond acceptors (Lipinski definition) is 3. The Kier molecular flexibility index (Phi) is 7.11. The molecule has 0 aromatic heterocycles. The molecule has 0 spiro atoms. The van der Waals surface area contributed by atoms with Gasteiger partial charge in [-0.3, -0.25) is 9.59 Å². The molecule has 5 nitrogen and oxygen atoms in total. The lowest BCUT2D eigenvalue weighted by molar-refractivity contribution is -0.137. The van der Waals surface area contributed by atoms with Gasteiger partial charge in [-0.2, -0.15) is 13.2 Å². The summed E-state index contributed by atoms with van der Waals surface area (Å²) in [6, 6.07) is 4.10. The standard InChI is InChI=1S/C18H22F3N3O2.ClH/c19-18(20,21)14-6-4-13(5-7-14)16(25)23-9-11-24(12-10-23)17(26)15-3-1-2-8-22-15;/h4-7,15,22H,1-3,8-12H2;1H. The van der Waals surface area contributed by atoms with Crippen molar-refractivity contribution >= 4 is 24.2 Å². The van der Waals surface area contributed by atoms with E-state index < -0.39 is 11.7 Å². The Morgan fingerprint density at radius 2 is 1.56 bits per heavy atom. The largest absolute Gasteiger partial charge is 0.416 e. The van der Waals surface area contributed by atoms with Crippen LogP contribution in [0.25, 0.3) is 0 Å². The van der Waals surface area contributed by atoms with Gasteiger partial charge in [-0.1, -0.05) is 6.42 Å². The first kappa shape index (κ1) is 21.5. The molecule has 27 heavy (non-hydrogen) atoms. The van der Waals surface area contributed by atoms with Gasteiger partial charge in [0.1, 0.15) is 0 Å². The molecule has 0 saturated carbocycles. The predicted molar refractivity (Wildman–Crippen MR) is 96.8 cm³/mol. The van der Waals surface area contributed by atoms with Gasteiger partial charge in [0, 0.05) is 31.7 Å². The van der Waals surface area contributed by atoms with Crippen molar-refractivity contribution in [3.05, 3.63) is 35.4 Å². The summed E-state index contributed by atoms with van der Waals surface area (Å²) >= 11 is 0. The second-order valence-electron chi connectivity index (χ2n) is 6.70. The van der Waals surface area contributed by atoms with E-state index in [1.165, 1.54) is 12.1 Å². The van der Waals surface area contributed by atoms with Gasteiger partial charge in [-0.25, -0.2) is 0 Å². The first-order chi connectivity index (χ1) is 12.4. The summed E-state index contributed by atoms with van der Waals surface area (Å²) in [6.07, 6.45) is -1.46. The highest BCUT2D eigenvalue weighted by molar-refractivity contribution is 5.94. The fourth-order valence-corrected chi connectivity index (χ4v) is 3.40. The van der Waals surface area contributed by atoms with Crippen LogP contribution in [-0.2, 0) is 11.0 Å². The summed E-state index contributed by atoms with van der Waals surface area (Å²) in [6.45, 7) is 2.52. The van der Waals surface area contributed by atoms with Gasteiger partial charge >= 0.3 is 6.18 Å². The lowest BCUT2D eigenvalue weighted by Crippen LogP contribution is -2.55. The maximum absolute atomic E-state index is 12.6. The van der Waals surface area contributed by atoms with Crippen LogP contribution < -0.4 is 5.32 Å². The Hall–Kier alpha value is -1.80. The molecule has 9 heteroatoms. The van der Waals surface area contributed by atoms with Gasteiger partial charge in [0.25, 0.3) is 5.91 Å². The van der Waals surface area contributed by atoms with Crippen molar-refractivity contribution in [3.63, 3.8) is 0 Å². The topological polar surface area (TPSA) is 52.7 Å². The Balaban J connectivity index is 0.00000261. The number of amides is 2. The molecule has 2 aliphatic heterocycles. The van der Waals surface area contributed by atoms with Crippen molar-refractivity contribution in [2.24, 2.45) is 0 Å². The Bertz CT molecular complexity index is 653. The molecule has 1 aromatic carbocycles. The van der Waals surface area contributed by atoms with Crippen molar-refractivity contribution in [3.8, 4) is 0 Å². The third-order valence-corrected chi connectivity index (χ3v) is 4.95. The van der Waals surface area contributed by atoms with Crippen molar-refractivity contribution in [2.75, 3.05) is 32.7 Å². The quantitative estimate of drug-likeness (QED) is 0.822. The van der Waals surface area contributed by atoms with Gasteiger partial charge < -0.3 is 15.1 Å². The molecule has 0 aliphatic carbocycles. The molecule has 1 atom stereocenters. The summed E-state index contributed by atoms with van der Waals surface area (Å²) < 4.78 is 37.8. The normalized spacial score (nSPS) is 20.8. The second kappa shape index (κ2) is 8.93. The molecule has 150 valence electrons. The van der Waals surface area contributed by atoms with Gasteiger partial charge in [0.2, 0.25) is 5.91 Å². The van der Waals surface area contributed by atoms with Crippen LogP contribution in [0, 0.1) is 0 Å². The molecule has 1 N–H and O–H groups in total. The number of carbonyl (C=O) groups excluding carboxylic acids is 2. The average molecular weight is 406 g/mol. The van der Waals surface area contributed by atoms with Crippen molar-refractivity contribution in [1.29, 1.82) is 0 Å². The molecule has 2 aliphatic rings. The molecule has 3 rings (SSSR count). The van der Waals surface area contributed by atoms with Crippen LogP contribution >= 0.6 is 12.4 Å². The molecule has 2 amide bonds. The lowest BCUT2D eigenvalue weighted by Gasteiger charge is -2.37. The van der Waals surface area contributed by atoms with E-state index in [0.29, 0.717) is 26.2 Å². The van der Waals surface area contributed by atoms with Crippen LogP contribution in [-0.4, -0.2) is 60.4 Å². The third kappa shape index (κ3) is 5.13. The Morgan fingerprint density at radius 1 is 0.963 bits per heavy atom. The number of piperidine rings is 1. The highest BCUT2D eigenvalue weighted by atomic mass is 35.5.